The number of rotatable bonds is 2. The Balaban J connectivity index is 2.19. The summed E-state index contributed by atoms with van der Waals surface area (Å²) in [6.45, 7) is 0.853. The quantitative estimate of drug-likeness (QED) is 0.469. The Bertz CT molecular complexity index is 391. The summed E-state index contributed by atoms with van der Waals surface area (Å²) < 4.78 is 19.3. The van der Waals surface area contributed by atoms with Gasteiger partial charge in [0.05, 0.1) is 6.61 Å². The van der Waals surface area contributed by atoms with Crippen molar-refractivity contribution in [1.29, 1.82) is 0 Å². The molecule has 0 aromatic rings. The van der Waals surface area contributed by atoms with Gasteiger partial charge in [-0.25, -0.2) is 9.38 Å². The van der Waals surface area contributed by atoms with Gasteiger partial charge in [0.1, 0.15) is 17.5 Å². The fourth-order valence-electron chi connectivity index (χ4n) is 1.96. The summed E-state index contributed by atoms with van der Waals surface area (Å²) >= 11 is 0. The number of aliphatic hydroxyl groups excluding tert-OH is 3. The van der Waals surface area contributed by atoms with Crippen LogP contribution in [0.25, 0.3) is 0 Å². The molecule has 0 aromatic carbocycles. The molecule has 5 N–H and O–H groups in total. The molecule has 0 saturated carbocycles. The average molecular weight is 261 g/mol. The van der Waals surface area contributed by atoms with Crippen LogP contribution in [0.4, 0.5) is 4.39 Å². The van der Waals surface area contributed by atoms with Crippen LogP contribution >= 0.6 is 0 Å². The van der Waals surface area contributed by atoms with E-state index in [-0.39, 0.29) is 5.84 Å². The molecule has 7 nitrogen and oxygen atoms in total. The molecule has 0 spiro atoms. The van der Waals surface area contributed by atoms with Crippen molar-refractivity contribution in [1.82, 2.24) is 4.90 Å². The molecule has 2 rings (SSSR count). The van der Waals surface area contributed by atoms with E-state index < -0.39 is 37.1 Å². The predicted molar refractivity (Wildman–Crippen MR) is 59.9 cm³/mol. The lowest BCUT2D eigenvalue weighted by Gasteiger charge is -2.33. The summed E-state index contributed by atoms with van der Waals surface area (Å²) in [5, 5.41) is 28.5. The first-order valence-electron chi connectivity index (χ1n) is 5.47. The van der Waals surface area contributed by atoms with Gasteiger partial charge in [-0.2, -0.15) is 0 Å². The van der Waals surface area contributed by atoms with Crippen molar-refractivity contribution in [3.8, 4) is 0 Å². The molecule has 102 valence electrons. The van der Waals surface area contributed by atoms with Crippen LogP contribution in [0.3, 0.4) is 0 Å². The Morgan fingerprint density at radius 3 is 2.78 bits per heavy atom. The van der Waals surface area contributed by atoms with Gasteiger partial charge in [0.2, 0.25) is 6.35 Å². The van der Waals surface area contributed by atoms with Crippen molar-refractivity contribution in [3.05, 3.63) is 12.3 Å². The highest BCUT2D eigenvalue weighted by Gasteiger charge is 2.54. The van der Waals surface area contributed by atoms with E-state index in [0.29, 0.717) is 0 Å². The van der Waals surface area contributed by atoms with Crippen LogP contribution in [-0.4, -0.2) is 63.1 Å². The summed E-state index contributed by atoms with van der Waals surface area (Å²) in [7, 11) is 0. The Morgan fingerprint density at radius 1 is 1.61 bits per heavy atom. The van der Waals surface area contributed by atoms with E-state index in [4.69, 9.17) is 15.6 Å². The number of hydrogen-bond donors (Lipinski definition) is 4. The minimum Gasteiger partial charge on any atom is -0.393 e. The van der Waals surface area contributed by atoms with Gasteiger partial charge in [-0.1, -0.05) is 0 Å². The lowest BCUT2D eigenvalue weighted by atomic mass is 9.99. The van der Waals surface area contributed by atoms with Gasteiger partial charge >= 0.3 is 0 Å². The fraction of sp³-hybridized carbons (Fsp3) is 0.700. The molecule has 1 saturated heterocycles. The maximum atomic E-state index is 14.0. The van der Waals surface area contributed by atoms with Crippen molar-refractivity contribution in [2.45, 2.75) is 37.4 Å². The Labute approximate surface area is 103 Å². The number of alkyl halides is 1. The van der Waals surface area contributed by atoms with Crippen LogP contribution in [-0.2, 0) is 4.74 Å². The summed E-state index contributed by atoms with van der Waals surface area (Å²) in [6, 6.07) is 0. The molecule has 0 aliphatic carbocycles. The number of hydrogen-bond acceptors (Lipinski definition) is 7. The first-order chi connectivity index (χ1) is 8.39. The molecule has 1 fully saturated rings. The molecule has 0 radical (unpaired) electrons. The molecule has 2 aliphatic rings. The van der Waals surface area contributed by atoms with Crippen LogP contribution in [0.1, 0.15) is 6.92 Å². The van der Waals surface area contributed by atoms with Crippen molar-refractivity contribution >= 4 is 5.84 Å². The molecule has 8 heteroatoms. The second-order valence-corrected chi connectivity index (χ2v) is 4.53. The standard InChI is InChI=1S/C10H16FN3O4/c1-10(4-15)7(16)6(11)8(18-10)14-3-2-5(12)13-9(14)17/h2-3,6-9,15-17H,4H2,1H3,(H2,12,13)/t6-,7+,8-,9?,10-/m1/s1. The third-order valence-corrected chi connectivity index (χ3v) is 3.15. The van der Waals surface area contributed by atoms with Gasteiger partial charge < -0.3 is 30.7 Å². The van der Waals surface area contributed by atoms with E-state index in [9.17, 15) is 14.6 Å². The van der Waals surface area contributed by atoms with Crippen molar-refractivity contribution < 1.29 is 24.4 Å². The monoisotopic (exact) mass is 261 g/mol. The van der Waals surface area contributed by atoms with Crippen LogP contribution in [0.2, 0.25) is 0 Å². The van der Waals surface area contributed by atoms with E-state index in [2.05, 4.69) is 4.99 Å². The van der Waals surface area contributed by atoms with Gasteiger partial charge in [-0.15, -0.1) is 0 Å². The zero-order valence-electron chi connectivity index (χ0n) is 9.77. The van der Waals surface area contributed by atoms with E-state index in [1.54, 1.807) is 0 Å². The average Bonchev–Trinajstić information content (AvgIpc) is 2.55. The molecule has 2 heterocycles. The van der Waals surface area contributed by atoms with Crippen LogP contribution in [0.5, 0.6) is 0 Å². The SMILES string of the molecule is C[C@]1(CO)O[C@@H](N2C=CC(N)=NC2O)[C@H](F)[C@@H]1O. The molecule has 2 aliphatic heterocycles. The van der Waals surface area contributed by atoms with E-state index >= 15 is 0 Å². The smallest absolute Gasteiger partial charge is 0.229 e. The van der Waals surface area contributed by atoms with Crippen molar-refractivity contribution in [2.75, 3.05) is 6.61 Å². The number of aliphatic imine (C=N–C) groups is 1. The number of halogens is 1. The van der Waals surface area contributed by atoms with Gasteiger partial charge in [0, 0.05) is 6.20 Å². The minimum absolute atomic E-state index is 0.109. The van der Waals surface area contributed by atoms with Crippen LogP contribution in [0, 0.1) is 0 Å². The normalized spacial score (nSPS) is 44.3. The van der Waals surface area contributed by atoms with E-state index in [1.807, 2.05) is 0 Å². The minimum atomic E-state index is -1.78. The molecule has 5 atom stereocenters. The topological polar surface area (TPSA) is 112 Å². The summed E-state index contributed by atoms with van der Waals surface area (Å²) in [5.41, 5.74) is 3.97. The zero-order chi connectivity index (χ0) is 13.5. The predicted octanol–water partition coefficient (Wildman–Crippen LogP) is -1.74. The lowest BCUT2D eigenvalue weighted by molar-refractivity contribution is -0.156. The van der Waals surface area contributed by atoms with E-state index in [1.165, 1.54) is 19.2 Å². The maximum Gasteiger partial charge on any atom is 0.229 e. The molecule has 0 bridgehead atoms. The largest absolute Gasteiger partial charge is 0.393 e. The second kappa shape index (κ2) is 4.47. The first kappa shape index (κ1) is 13.2. The molecule has 18 heavy (non-hydrogen) atoms. The number of aliphatic hydroxyl groups is 3. The summed E-state index contributed by atoms with van der Waals surface area (Å²) in [5.74, 6) is 0.109. The highest BCUT2D eigenvalue weighted by Crippen LogP contribution is 2.35. The summed E-state index contributed by atoms with van der Waals surface area (Å²) in [6.07, 6.45) is -3.18. The Morgan fingerprint density at radius 2 is 2.28 bits per heavy atom. The number of amidine groups is 1. The lowest BCUT2D eigenvalue weighted by Crippen LogP contribution is -2.46. The highest BCUT2D eigenvalue weighted by molar-refractivity contribution is 5.91. The molecule has 0 aromatic heterocycles. The third kappa shape index (κ3) is 1.97. The Kier molecular flexibility index (Phi) is 3.28. The fourth-order valence-corrected chi connectivity index (χ4v) is 1.96. The zero-order valence-corrected chi connectivity index (χ0v) is 9.77. The third-order valence-electron chi connectivity index (χ3n) is 3.15. The number of nitrogens with zero attached hydrogens (tertiary/aromatic N) is 2. The molecular weight excluding hydrogens is 245 g/mol. The van der Waals surface area contributed by atoms with Crippen molar-refractivity contribution in [3.63, 3.8) is 0 Å². The number of ether oxygens (including phenoxy) is 1. The first-order valence-corrected chi connectivity index (χ1v) is 5.47. The highest BCUT2D eigenvalue weighted by atomic mass is 19.1. The Hall–Kier alpha value is -1.22. The molecule has 0 amide bonds. The maximum absolute atomic E-state index is 14.0. The summed E-state index contributed by atoms with van der Waals surface area (Å²) in [4.78, 5) is 4.73. The van der Waals surface area contributed by atoms with Gasteiger partial charge in [0.25, 0.3) is 0 Å². The van der Waals surface area contributed by atoms with Gasteiger partial charge in [-0.3, -0.25) is 0 Å². The van der Waals surface area contributed by atoms with Gasteiger partial charge in [0.15, 0.2) is 12.4 Å². The molecule has 1 unspecified atom stereocenters. The number of nitrogens with two attached hydrogens (primary N) is 1. The van der Waals surface area contributed by atoms with Crippen molar-refractivity contribution in [2.24, 2.45) is 10.7 Å². The van der Waals surface area contributed by atoms with E-state index in [0.717, 1.165) is 4.90 Å². The molecular formula is C10H16FN3O4. The van der Waals surface area contributed by atoms with Crippen LogP contribution < -0.4 is 5.73 Å². The second-order valence-electron chi connectivity index (χ2n) is 4.53. The van der Waals surface area contributed by atoms with Gasteiger partial charge in [-0.05, 0) is 13.0 Å². The van der Waals surface area contributed by atoms with Crippen LogP contribution in [0.15, 0.2) is 17.3 Å².